The first kappa shape index (κ1) is 13.4. The lowest BCUT2D eigenvalue weighted by Crippen LogP contribution is -2.01. The van der Waals surface area contributed by atoms with Gasteiger partial charge in [-0.25, -0.2) is 4.98 Å². The molecule has 0 atom stereocenters. The van der Waals surface area contributed by atoms with Gasteiger partial charge in [-0.1, -0.05) is 22.9 Å². The standard InChI is InChI=1S/C12H9ClN4OS2/c1-7-14-11(19)15-12-17(7)16-10(20-12)6-18-9-4-2-8(13)3-5-9/h2-5H,6H2,1H3. The van der Waals surface area contributed by atoms with Crippen molar-refractivity contribution in [1.29, 1.82) is 0 Å². The second-order valence-electron chi connectivity index (χ2n) is 3.99. The molecule has 0 spiro atoms. The van der Waals surface area contributed by atoms with Crippen LogP contribution in [0.2, 0.25) is 5.02 Å². The third-order valence-electron chi connectivity index (χ3n) is 2.53. The summed E-state index contributed by atoms with van der Waals surface area (Å²) in [5, 5.41) is 5.88. The Morgan fingerprint density at radius 3 is 2.80 bits per heavy atom. The number of hydrogen-bond acceptors (Lipinski definition) is 6. The number of hydrogen-bond donors (Lipinski definition) is 0. The number of fused-ring (bicyclic) bond motifs is 1. The third kappa shape index (κ3) is 2.79. The Morgan fingerprint density at radius 2 is 2.05 bits per heavy atom. The molecule has 8 heteroatoms. The van der Waals surface area contributed by atoms with Crippen molar-refractivity contribution in [3.8, 4) is 5.75 Å². The summed E-state index contributed by atoms with van der Waals surface area (Å²) in [5.74, 6) is 1.46. The van der Waals surface area contributed by atoms with Crippen LogP contribution in [0.15, 0.2) is 24.3 Å². The summed E-state index contributed by atoms with van der Waals surface area (Å²) in [4.78, 5) is 8.99. The zero-order valence-electron chi connectivity index (χ0n) is 10.4. The van der Waals surface area contributed by atoms with Crippen LogP contribution in [0.4, 0.5) is 0 Å². The molecule has 0 aliphatic rings. The number of nitrogens with zero attached hydrogens (tertiary/aromatic N) is 4. The van der Waals surface area contributed by atoms with Crippen molar-refractivity contribution in [2.45, 2.75) is 13.5 Å². The predicted molar refractivity (Wildman–Crippen MR) is 80.0 cm³/mol. The van der Waals surface area contributed by atoms with E-state index in [2.05, 4.69) is 15.1 Å². The summed E-state index contributed by atoms with van der Waals surface area (Å²) in [6, 6.07) is 7.19. The molecular weight excluding hydrogens is 316 g/mol. The predicted octanol–water partition coefficient (Wildman–Crippen LogP) is 3.46. The van der Waals surface area contributed by atoms with Crippen LogP contribution in [0, 0.1) is 11.7 Å². The number of rotatable bonds is 3. The molecule has 3 aromatic rings. The number of ether oxygens (including phenoxy) is 1. The number of halogens is 1. The Labute approximate surface area is 128 Å². The lowest BCUT2D eigenvalue weighted by Gasteiger charge is -2.02. The van der Waals surface area contributed by atoms with Crippen molar-refractivity contribution >= 4 is 40.1 Å². The minimum atomic E-state index is 0.330. The number of benzene rings is 1. The van der Waals surface area contributed by atoms with Gasteiger partial charge in [0.2, 0.25) is 9.73 Å². The molecule has 0 unspecified atom stereocenters. The average Bonchev–Trinajstić information content (AvgIpc) is 2.81. The molecule has 0 saturated heterocycles. The first-order valence-corrected chi connectivity index (χ1v) is 7.34. The molecular formula is C12H9ClN4OS2. The molecule has 1 aromatic carbocycles. The zero-order chi connectivity index (χ0) is 14.1. The fourth-order valence-corrected chi connectivity index (χ4v) is 2.88. The molecule has 0 aliphatic heterocycles. The monoisotopic (exact) mass is 324 g/mol. The van der Waals surface area contributed by atoms with Crippen LogP contribution in [0.1, 0.15) is 10.8 Å². The molecule has 0 bridgehead atoms. The zero-order valence-corrected chi connectivity index (χ0v) is 12.8. The lowest BCUT2D eigenvalue weighted by molar-refractivity contribution is 0.304. The van der Waals surface area contributed by atoms with Gasteiger partial charge in [-0.15, -0.1) is 0 Å². The molecule has 0 aliphatic carbocycles. The molecule has 102 valence electrons. The summed E-state index contributed by atoms with van der Waals surface area (Å²) >= 11 is 12.2. The van der Waals surface area contributed by atoms with Gasteiger partial charge in [0.05, 0.1) is 0 Å². The van der Waals surface area contributed by atoms with E-state index < -0.39 is 0 Å². The van der Waals surface area contributed by atoms with E-state index in [0.717, 1.165) is 15.7 Å². The first-order chi connectivity index (χ1) is 9.61. The molecule has 20 heavy (non-hydrogen) atoms. The Hall–Kier alpha value is -1.57. The van der Waals surface area contributed by atoms with Gasteiger partial charge < -0.3 is 4.74 Å². The maximum Gasteiger partial charge on any atom is 0.223 e. The van der Waals surface area contributed by atoms with Gasteiger partial charge in [0, 0.05) is 5.02 Å². The second-order valence-corrected chi connectivity index (χ2v) is 5.83. The molecule has 0 amide bonds. The van der Waals surface area contributed by atoms with Crippen molar-refractivity contribution in [3.63, 3.8) is 0 Å². The highest BCUT2D eigenvalue weighted by molar-refractivity contribution is 7.71. The molecule has 5 nitrogen and oxygen atoms in total. The van der Waals surface area contributed by atoms with Crippen LogP contribution in [0.5, 0.6) is 5.75 Å². The largest absolute Gasteiger partial charge is 0.486 e. The fourth-order valence-electron chi connectivity index (χ4n) is 1.63. The quantitative estimate of drug-likeness (QED) is 0.691. The summed E-state index contributed by atoms with van der Waals surface area (Å²) in [5.41, 5.74) is 0. The summed E-state index contributed by atoms with van der Waals surface area (Å²) in [6.45, 7) is 2.20. The highest BCUT2D eigenvalue weighted by Crippen LogP contribution is 2.19. The Morgan fingerprint density at radius 1 is 1.30 bits per heavy atom. The average molecular weight is 325 g/mol. The minimum absolute atomic E-state index is 0.330. The van der Waals surface area contributed by atoms with Crippen molar-refractivity contribution in [3.05, 3.63) is 44.9 Å². The van der Waals surface area contributed by atoms with Crippen LogP contribution in [0.25, 0.3) is 4.96 Å². The molecule has 0 saturated carbocycles. The molecule has 3 rings (SSSR count). The highest BCUT2D eigenvalue weighted by Gasteiger charge is 2.08. The second kappa shape index (κ2) is 5.43. The Bertz CT molecular complexity index is 812. The van der Waals surface area contributed by atoms with Gasteiger partial charge in [0.25, 0.3) is 0 Å². The third-order valence-corrected chi connectivity index (χ3v) is 3.85. The van der Waals surface area contributed by atoms with Crippen LogP contribution in [-0.2, 0) is 6.61 Å². The summed E-state index contributed by atoms with van der Waals surface area (Å²) in [6.07, 6.45) is 0. The van der Waals surface area contributed by atoms with Gasteiger partial charge in [0.15, 0.2) is 5.01 Å². The molecule has 0 fully saturated rings. The van der Waals surface area contributed by atoms with Crippen LogP contribution in [0.3, 0.4) is 0 Å². The molecule has 0 radical (unpaired) electrons. The molecule has 2 aromatic heterocycles. The van der Waals surface area contributed by atoms with Gasteiger partial charge in [-0.05, 0) is 43.4 Å². The van der Waals surface area contributed by atoms with E-state index >= 15 is 0 Å². The van der Waals surface area contributed by atoms with Crippen molar-refractivity contribution < 1.29 is 4.74 Å². The molecule has 0 N–H and O–H groups in total. The number of aromatic nitrogens is 4. The van der Waals surface area contributed by atoms with Crippen LogP contribution < -0.4 is 4.74 Å². The smallest absolute Gasteiger partial charge is 0.223 e. The van der Waals surface area contributed by atoms with Crippen molar-refractivity contribution in [2.24, 2.45) is 0 Å². The number of aryl methyl sites for hydroxylation is 1. The first-order valence-electron chi connectivity index (χ1n) is 5.73. The van der Waals surface area contributed by atoms with Gasteiger partial charge in [-0.3, -0.25) is 0 Å². The van der Waals surface area contributed by atoms with E-state index in [1.165, 1.54) is 11.3 Å². The van der Waals surface area contributed by atoms with Crippen LogP contribution >= 0.6 is 35.2 Å². The Balaban J connectivity index is 1.83. The summed E-state index contributed by atoms with van der Waals surface area (Å²) in [7, 11) is 0. The lowest BCUT2D eigenvalue weighted by atomic mass is 10.3. The van der Waals surface area contributed by atoms with E-state index in [4.69, 9.17) is 28.6 Å². The molecule has 2 heterocycles. The topological polar surface area (TPSA) is 52.3 Å². The maximum absolute atomic E-state index is 5.82. The Kier molecular flexibility index (Phi) is 3.64. The fraction of sp³-hybridized carbons (Fsp3) is 0.167. The minimum Gasteiger partial charge on any atom is -0.486 e. The summed E-state index contributed by atoms with van der Waals surface area (Å²) < 4.78 is 7.65. The maximum atomic E-state index is 5.82. The van der Waals surface area contributed by atoms with E-state index in [0.29, 0.717) is 22.2 Å². The van der Waals surface area contributed by atoms with E-state index in [1.807, 2.05) is 19.1 Å². The van der Waals surface area contributed by atoms with Crippen molar-refractivity contribution in [2.75, 3.05) is 0 Å². The highest BCUT2D eigenvalue weighted by atomic mass is 35.5. The van der Waals surface area contributed by atoms with E-state index in [-0.39, 0.29) is 0 Å². The van der Waals surface area contributed by atoms with Crippen molar-refractivity contribution in [1.82, 2.24) is 19.6 Å². The van der Waals surface area contributed by atoms with Crippen LogP contribution in [-0.4, -0.2) is 19.6 Å². The van der Waals surface area contributed by atoms with E-state index in [1.54, 1.807) is 16.6 Å². The normalized spacial score (nSPS) is 10.9. The van der Waals surface area contributed by atoms with E-state index in [9.17, 15) is 0 Å². The SMILES string of the molecule is Cc1nc(=S)nc2sc(COc3ccc(Cl)cc3)nn12. The van der Waals surface area contributed by atoms with Gasteiger partial charge in [0.1, 0.15) is 18.2 Å². The van der Waals surface area contributed by atoms with Gasteiger partial charge in [-0.2, -0.15) is 14.6 Å². The van der Waals surface area contributed by atoms with Gasteiger partial charge >= 0.3 is 0 Å².